The summed E-state index contributed by atoms with van der Waals surface area (Å²) in [7, 11) is 1.50. The highest BCUT2D eigenvalue weighted by molar-refractivity contribution is 6.34. The maximum Gasteiger partial charge on any atom is 0.258 e. The highest BCUT2D eigenvalue weighted by Gasteiger charge is 2.28. The lowest BCUT2D eigenvalue weighted by atomic mass is 10.0. The van der Waals surface area contributed by atoms with Crippen LogP contribution < -0.4 is 15.0 Å². The highest BCUT2D eigenvalue weighted by Crippen LogP contribution is 2.38. The molecule has 0 aliphatic carbocycles. The van der Waals surface area contributed by atoms with Crippen LogP contribution in [0.2, 0.25) is 10.0 Å². The van der Waals surface area contributed by atoms with Crippen molar-refractivity contribution in [2.24, 2.45) is 0 Å². The summed E-state index contributed by atoms with van der Waals surface area (Å²) in [6.45, 7) is 8.22. The molecule has 9 heteroatoms. The molecule has 0 radical (unpaired) electrons. The summed E-state index contributed by atoms with van der Waals surface area (Å²) < 4.78 is 11.9. The third-order valence-electron chi connectivity index (χ3n) is 7.16. The molecule has 0 saturated heterocycles. The average Bonchev–Trinajstić information content (AvgIpc) is 3.14. The number of benzene rings is 3. The SMILES string of the molecule is CCN(CC)CCOC1CCCN(C(=O)c2ccc(NC(=O)c3ccccc3Cl)c(OC)c2)c2ccc(Cl)cc21. The number of carbonyl (C=O) groups is 2. The largest absolute Gasteiger partial charge is 0.495 e. The number of carbonyl (C=O) groups excluding carboxylic acids is 2. The predicted molar refractivity (Wildman–Crippen MR) is 161 cm³/mol. The third kappa shape index (κ3) is 6.96. The number of hydrogen-bond acceptors (Lipinski definition) is 5. The molecule has 0 spiro atoms. The highest BCUT2D eigenvalue weighted by atomic mass is 35.5. The van der Waals surface area contributed by atoms with Gasteiger partial charge in [-0.1, -0.05) is 49.2 Å². The van der Waals surface area contributed by atoms with Crippen LogP contribution in [0.3, 0.4) is 0 Å². The van der Waals surface area contributed by atoms with Crippen LogP contribution in [0.5, 0.6) is 5.75 Å². The molecule has 212 valence electrons. The number of nitrogens with zero attached hydrogens (tertiary/aromatic N) is 2. The van der Waals surface area contributed by atoms with Gasteiger partial charge in [0.15, 0.2) is 0 Å². The monoisotopic (exact) mass is 583 g/mol. The number of likely N-dealkylation sites (N-methyl/N-ethyl adjacent to an activating group) is 1. The van der Waals surface area contributed by atoms with Crippen molar-refractivity contribution in [3.63, 3.8) is 0 Å². The summed E-state index contributed by atoms with van der Waals surface area (Å²) >= 11 is 12.6. The van der Waals surface area contributed by atoms with Crippen molar-refractivity contribution in [3.05, 3.63) is 87.4 Å². The van der Waals surface area contributed by atoms with Crippen molar-refractivity contribution in [1.29, 1.82) is 0 Å². The summed E-state index contributed by atoms with van der Waals surface area (Å²) in [6.07, 6.45) is 1.40. The van der Waals surface area contributed by atoms with Gasteiger partial charge in [0.2, 0.25) is 0 Å². The second kappa shape index (κ2) is 14.0. The minimum absolute atomic E-state index is 0.154. The van der Waals surface area contributed by atoms with Crippen molar-refractivity contribution >= 4 is 46.4 Å². The Bertz CT molecular complexity index is 1350. The lowest BCUT2D eigenvalue weighted by molar-refractivity contribution is 0.0335. The number of halogens is 2. The minimum Gasteiger partial charge on any atom is -0.495 e. The average molecular weight is 585 g/mol. The maximum absolute atomic E-state index is 13.8. The Labute approximate surface area is 246 Å². The molecule has 0 fully saturated rings. The van der Waals surface area contributed by atoms with Gasteiger partial charge in [0.25, 0.3) is 11.8 Å². The van der Waals surface area contributed by atoms with Gasteiger partial charge in [-0.05, 0) is 74.5 Å². The number of rotatable bonds is 10. The Morgan fingerprint density at radius 3 is 2.55 bits per heavy atom. The molecule has 0 aromatic heterocycles. The summed E-state index contributed by atoms with van der Waals surface area (Å²) in [6, 6.07) is 17.4. The molecule has 3 aromatic carbocycles. The first-order chi connectivity index (χ1) is 19.4. The molecule has 0 bridgehead atoms. The number of nitrogens with one attached hydrogen (secondary N) is 1. The molecule has 4 rings (SSSR count). The van der Waals surface area contributed by atoms with E-state index in [1.54, 1.807) is 53.4 Å². The molecular weight excluding hydrogens is 549 g/mol. The number of hydrogen-bond donors (Lipinski definition) is 1. The van der Waals surface area contributed by atoms with Gasteiger partial charge in [0, 0.05) is 34.9 Å². The quantitative estimate of drug-likeness (QED) is 0.276. The first-order valence-corrected chi connectivity index (χ1v) is 14.3. The topological polar surface area (TPSA) is 71.1 Å². The Morgan fingerprint density at radius 2 is 1.82 bits per heavy atom. The fourth-order valence-electron chi connectivity index (χ4n) is 4.91. The summed E-state index contributed by atoms with van der Waals surface area (Å²) in [5.74, 6) is -0.169. The van der Waals surface area contributed by atoms with Crippen molar-refractivity contribution in [2.75, 3.05) is 50.1 Å². The molecule has 1 heterocycles. The van der Waals surface area contributed by atoms with Crippen molar-refractivity contribution in [2.45, 2.75) is 32.8 Å². The Morgan fingerprint density at radius 1 is 1.05 bits per heavy atom. The minimum atomic E-state index is -0.367. The van der Waals surface area contributed by atoms with E-state index in [4.69, 9.17) is 32.7 Å². The van der Waals surface area contributed by atoms with Crippen LogP contribution in [0, 0.1) is 0 Å². The predicted octanol–water partition coefficient (Wildman–Crippen LogP) is 7.09. The third-order valence-corrected chi connectivity index (χ3v) is 7.72. The zero-order valence-electron chi connectivity index (χ0n) is 23.1. The molecule has 1 atom stereocenters. The smallest absolute Gasteiger partial charge is 0.258 e. The zero-order valence-corrected chi connectivity index (χ0v) is 24.6. The van der Waals surface area contributed by atoms with E-state index in [-0.39, 0.29) is 17.9 Å². The molecule has 1 aliphatic heterocycles. The van der Waals surface area contributed by atoms with Crippen molar-refractivity contribution in [3.8, 4) is 5.75 Å². The van der Waals surface area contributed by atoms with Crippen LogP contribution in [0.1, 0.15) is 59.1 Å². The van der Waals surface area contributed by atoms with E-state index in [0.29, 0.717) is 45.8 Å². The summed E-state index contributed by atoms with van der Waals surface area (Å²) in [5, 5.41) is 3.78. The van der Waals surface area contributed by atoms with Gasteiger partial charge in [-0.15, -0.1) is 0 Å². The summed E-state index contributed by atoms with van der Waals surface area (Å²) in [5.41, 5.74) is 2.92. The summed E-state index contributed by atoms with van der Waals surface area (Å²) in [4.78, 5) is 30.7. The molecule has 1 aliphatic rings. The van der Waals surface area contributed by atoms with Crippen LogP contribution in [-0.4, -0.2) is 56.6 Å². The molecule has 1 unspecified atom stereocenters. The number of fused-ring (bicyclic) bond motifs is 1. The lowest BCUT2D eigenvalue weighted by Gasteiger charge is -2.25. The van der Waals surface area contributed by atoms with Gasteiger partial charge in [-0.3, -0.25) is 9.59 Å². The van der Waals surface area contributed by atoms with Gasteiger partial charge < -0.3 is 24.6 Å². The Hall–Kier alpha value is -3.10. The van der Waals surface area contributed by atoms with Gasteiger partial charge in [0.05, 0.1) is 36.1 Å². The lowest BCUT2D eigenvalue weighted by Crippen LogP contribution is -2.32. The van der Waals surface area contributed by atoms with Crippen molar-refractivity contribution < 1.29 is 19.1 Å². The first kappa shape index (κ1) is 29.9. The van der Waals surface area contributed by atoms with E-state index in [1.807, 2.05) is 12.1 Å². The molecule has 0 saturated carbocycles. The van der Waals surface area contributed by atoms with Crippen LogP contribution in [0.25, 0.3) is 0 Å². The van der Waals surface area contributed by atoms with E-state index in [1.165, 1.54) is 7.11 Å². The van der Waals surface area contributed by atoms with Gasteiger partial charge in [0.1, 0.15) is 5.75 Å². The second-order valence-corrected chi connectivity index (χ2v) is 10.4. The van der Waals surface area contributed by atoms with Crippen LogP contribution in [0.4, 0.5) is 11.4 Å². The number of methoxy groups -OCH3 is 1. The first-order valence-electron chi connectivity index (χ1n) is 13.5. The van der Waals surface area contributed by atoms with Crippen LogP contribution in [0.15, 0.2) is 60.7 Å². The standard InChI is InChI=1S/C31H35Cl2N3O4/c1-4-35(5-2)17-18-40-28-11-8-16-36(27-15-13-22(32)20-24(27)28)31(38)21-12-14-26(29(19-21)39-3)34-30(37)23-9-6-7-10-25(23)33/h6-7,9-10,12-15,19-20,28H,4-5,8,11,16-18H2,1-3H3,(H,34,37). The fourth-order valence-corrected chi connectivity index (χ4v) is 5.31. The molecule has 7 nitrogen and oxygen atoms in total. The van der Waals surface area contributed by atoms with Gasteiger partial charge in [-0.25, -0.2) is 0 Å². The molecule has 40 heavy (non-hydrogen) atoms. The molecular formula is C31H35Cl2N3O4. The van der Waals surface area contributed by atoms with E-state index in [2.05, 4.69) is 24.1 Å². The Balaban J connectivity index is 1.56. The maximum atomic E-state index is 13.8. The normalized spacial score (nSPS) is 14.9. The zero-order chi connectivity index (χ0) is 28.6. The van der Waals surface area contributed by atoms with Gasteiger partial charge >= 0.3 is 0 Å². The number of anilines is 2. The van der Waals surface area contributed by atoms with E-state index in [0.717, 1.165) is 43.7 Å². The van der Waals surface area contributed by atoms with Crippen LogP contribution in [-0.2, 0) is 4.74 Å². The molecule has 2 amide bonds. The second-order valence-electron chi connectivity index (χ2n) is 9.54. The number of ether oxygens (including phenoxy) is 2. The van der Waals surface area contributed by atoms with E-state index < -0.39 is 0 Å². The van der Waals surface area contributed by atoms with Crippen LogP contribution >= 0.6 is 23.2 Å². The van der Waals surface area contributed by atoms with Gasteiger partial charge in [-0.2, -0.15) is 0 Å². The van der Waals surface area contributed by atoms with E-state index >= 15 is 0 Å². The van der Waals surface area contributed by atoms with Crippen molar-refractivity contribution in [1.82, 2.24) is 4.90 Å². The fraction of sp³-hybridized carbons (Fsp3) is 0.355. The molecule has 3 aromatic rings. The number of amides is 2. The van der Waals surface area contributed by atoms with E-state index in [9.17, 15) is 9.59 Å². The Kier molecular flexibility index (Phi) is 10.5. The molecule has 1 N–H and O–H groups in total.